The van der Waals surface area contributed by atoms with Crippen molar-refractivity contribution in [3.63, 3.8) is 0 Å². The number of aryl methyl sites for hydroxylation is 1. The van der Waals surface area contributed by atoms with Crippen LogP contribution in [0.25, 0.3) is 33.5 Å². The highest BCUT2D eigenvalue weighted by Gasteiger charge is 2.14. The Kier molecular flexibility index (Phi) is 7.55. The van der Waals surface area contributed by atoms with Gasteiger partial charge in [-0.05, 0) is 40.3 Å². The van der Waals surface area contributed by atoms with Crippen LogP contribution < -0.4 is 9.47 Å². The average Bonchev–Trinajstić information content (AvgIpc) is 3.49. The molecule has 5 aromatic rings. The summed E-state index contributed by atoms with van der Waals surface area (Å²) in [7, 11) is 0. The maximum atomic E-state index is 10.1. The minimum Gasteiger partial charge on any atom is -0.486 e. The zero-order valence-corrected chi connectivity index (χ0v) is 21.6. The van der Waals surface area contributed by atoms with Gasteiger partial charge in [0.2, 0.25) is 11.7 Å². The third kappa shape index (κ3) is 5.63. The number of aliphatic hydroxyl groups excluding tert-OH is 1. The second-order valence-corrected chi connectivity index (χ2v) is 9.37. The van der Waals surface area contributed by atoms with Gasteiger partial charge in [-0.15, -0.1) is 10.2 Å². The standard InChI is InChI=1S/C29H30N6O3/c1-4-21-15-26(28-24(30-21)13-14-27(31-28)38-17-25(36)18(2)3)37-16-19-9-11-20(12-10-19)22-7-5-6-8-23(22)29-32-34-35-33-29/h5-15,18,25,36H,4,16-17H2,1-3H3,(H,32,33,34,35). The predicted molar refractivity (Wildman–Crippen MR) is 145 cm³/mol. The first-order chi connectivity index (χ1) is 18.5. The number of aromatic amines is 1. The summed E-state index contributed by atoms with van der Waals surface area (Å²) >= 11 is 0. The summed E-state index contributed by atoms with van der Waals surface area (Å²) in [5, 5.41) is 24.5. The highest BCUT2D eigenvalue weighted by atomic mass is 16.5. The molecule has 5 rings (SSSR count). The SMILES string of the molecule is CCc1cc(OCc2ccc(-c3ccccc3-c3nn[nH]n3)cc2)c2nc(OCC(O)C(C)C)ccc2n1. The Labute approximate surface area is 220 Å². The Morgan fingerprint density at radius 3 is 2.42 bits per heavy atom. The van der Waals surface area contributed by atoms with Gasteiger partial charge in [0.1, 0.15) is 24.5 Å². The number of hydrogen-bond donors (Lipinski definition) is 2. The van der Waals surface area contributed by atoms with Crippen LogP contribution in [0.1, 0.15) is 32.0 Å². The molecule has 1 atom stereocenters. The van der Waals surface area contributed by atoms with Gasteiger partial charge in [0.05, 0.1) is 11.6 Å². The number of nitrogens with zero attached hydrogens (tertiary/aromatic N) is 5. The average molecular weight is 511 g/mol. The van der Waals surface area contributed by atoms with Crippen LogP contribution in [0, 0.1) is 5.92 Å². The fourth-order valence-corrected chi connectivity index (χ4v) is 3.99. The molecule has 0 fully saturated rings. The number of pyridine rings is 2. The Balaban J connectivity index is 1.35. The fraction of sp³-hybridized carbons (Fsp3) is 0.276. The molecule has 2 N–H and O–H groups in total. The molecule has 38 heavy (non-hydrogen) atoms. The Bertz CT molecular complexity index is 1500. The summed E-state index contributed by atoms with van der Waals surface area (Å²) in [5.41, 5.74) is 6.28. The second-order valence-electron chi connectivity index (χ2n) is 9.37. The van der Waals surface area contributed by atoms with E-state index in [9.17, 15) is 5.11 Å². The van der Waals surface area contributed by atoms with Crippen molar-refractivity contribution in [3.05, 3.63) is 78.0 Å². The van der Waals surface area contributed by atoms with E-state index in [1.165, 1.54) is 0 Å². The summed E-state index contributed by atoms with van der Waals surface area (Å²) in [5.74, 6) is 1.73. The number of rotatable bonds is 10. The number of H-pyrrole nitrogens is 1. The van der Waals surface area contributed by atoms with Crippen molar-refractivity contribution in [2.45, 2.75) is 39.9 Å². The monoisotopic (exact) mass is 510 g/mol. The van der Waals surface area contributed by atoms with Gasteiger partial charge < -0.3 is 14.6 Å². The first-order valence-corrected chi connectivity index (χ1v) is 12.7. The Morgan fingerprint density at radius 2 is 1.71 bits per heavy atom. The molecule has 2 aromatic carbocycles. The van der Waals surface area contributed by atoms with Crippen molar-refractivity contribution in [1.29, 1.82) is 0 Å². The molecule has 0 aliphatic carbocycles. The van der Waals surface area contributed by atoms with E-state index in [0.717, 1.165) is 39.9 Å². The topological polar surface area (TPSA) is 119 Å². The fourth-order valence-electron chi connectivity index (χ4n) is 3.99. The molecule has 9 heteroatoms. The van der Waals surface area contributed by atoms with E-state index in [-0.39, 0.29) is 12.5 Å². The van der Waals surface area contributed by atoms with Gasteiger partial charge in [-0.3, -0.25) is 4.98 Å². The number of fused-ring (bicyclic) bond motifs is 1. The van der Waals surface area contributed by atoms with Crippen LogP contribution in [0.5, 0.6) is 11.6 Å². The van der Waals surface area contributed by atoms with Gasteiger partial charge >= 0.3 is 0 Å². The van der Waals surface area contributed by atoms with Crippen molar-refractivity contribution in [1.82, 2.24) is 30.6 Å². The van der Waals surface area contributed by atoms with E-state index in [4.69, 9.17) is 9.47 Å². The van der Waals surface area contributed by atoms with Gasteiger partial charge in [0.25, 0.3) is 0 Å². The number of hydrogen-bond acceptors (Lipinski definition) is 8. The van der Waals surface area contributed by atoms with Crippen LogP contribution in [-0.2, 0) is 13.0 Å². The lowest BCUT2D eigenvalue weighted by Crippen LogP contribution is -2.23. The van der Waals surface area contributed by atoms with Gasteiger partial charge in [-0.2, -0.15) is 5.21 Å². The molecule has 0 spiro atoms. The smallest absolute Gasteiger partial charge is 0.214 e. The maximum absolute atomic E-state index is 10.1. The Morgan fingerprint density at radius 1 is 0.921 bits per heavy atom. The van der Waals surface area contributed by atoms with Crippen molar-refractivity contribution < 1.29 is 14.6 Å². The highest BCUT2D eigenvalue weighted by molar-refractivity contribution is 5.82. The third-order valence-corrected chi connectivity index (χ3v) is 6.35. The molecule has 0 aliphatic rings. The van der Waals surface area contributed by atoms with Crippen LogP contribution in [0.3, 0.4) is 0 Å². The third-order valence-electron chi connectivity index (χ3n) is 6.35. The summed E-state index contributed by atoms with van der Waals surface area (Å²) in [6.45, 7) is 6.50. The molecule has 194 valence electrons. The molecule has 0 bridgehead atoms. The Hall–Kier alpha value is -4.37. The van der Waals surface area contributed by atoms with E-state index < -0.39 is 6.10 Å². The molecule has 1 unspecified atom stereocenters. The van der Waals surface area contributed by atoms with Crippen molar-refractivity contribution in [2.24, 2.45) is 5.92 Å². The normalized spacial score (nSPS) is 12.1. The van der Waals surface area contributed by atoms with Gasteiger partial charge in [0, 0.05) is 23.4 Å². The largest absolute Gasteiger partial charge is 0.486 e. The van der Waals surface area contributed by atoms with Crippen LogP contribution in [0.4, 0.5) is 0 Å². The maximum Gasteiger partial charge on any atom is 0.214 e. The second kappa shape index (κ2) is 11.4. The van der Waals surface area contributed by atoms with Crippen molar-refractivity contribution >= 4 is 11.0 Å². The zero-order chi connectivity index (χ0) is 26.5. The van der Waals surface area contributed by atoms with Gasteiger partial charge in [-0.1, -0.05) is 69.3 Å². The predicted octanol–water partition coefficient (Wildman–Crippen LogP) is 5.01. The summed E-state index contributed by atoms with van der Waals surface area (Å²) < 4.78 is 12.0. The number of aromatic nitrogens is 6. The molecule has 0 saturated heterocycles. The van der Waals surface area contributed by atoms with E-state index in [1.807, 2.05) is 62.4 Å². The van der Waals surface area contributed by atoms with Crippen molar-refractivity contribution in [3.8, 4) is 34.1 Å². The van der Waals surface area contributed by atoms with E-state index >= 15 is 0 Å². The van der Waals surface area contributed by atoms with Crippen LogP contribution in [0.15, 0.2) is 66.7 Å². The lowest BCUT2D eigenvalue weighted by molar-refractivity contribution is 0.0683. The lowest BCUT2D eigenvalue weighted by atomic mass is 9.98. The van der Waals surface area contributed by atoms with E-state index in [0.29, 0.717) is 29.6 Å². The zero-order valence-electron chi connectivity index (χ0n) is 21.6. The molecule has 9 nitrogen and oxygen atoms in total. The van der Waals surface area contributed by atoms with Crippen LogP contribution >= 0.6 is 0 Å². The van der Waals surface area contributed by atoms with Crippen LogP contribution in [0.2, 0.25) is 0 Å². The molecule has 0 radical (unpaired) electrons. The minimum atomic E-state index is -0.564. The van der Waals surface area contributed by atoms with Gasteiger partial charge in [-0.25, -0.2) is 4.98 Å². The number of aliphatic hydroxyl groups is 1. The molecule has 0 saturated carbocycles. The lowest BCUT2D eigenvalue weighted by Gasteiger charge is -2.16. The first kappa shape index (κ1) is 25.3. The molecular formula is C29H30N6O3. The molecule has 0 amide bonds. The number of ether oxygens (including phenoxy) is 2. The molecular weight excluding hydrogens is 480 g/mol. The molecule has 3 aromatic heterocycles. The van der Waals surface area contributed by atoms with Crippen molar-refractivity contribution in [2.75, 3.05) is 6.61 Å². The summed E-state index contributed by atoms with van der Waals surface area (Å²) in [6, 6.07) is 21.7. The number of nitrogens with one attached hydrogen (secondary N) is 1. The first-order valence-electron chi connectivity index (χ1n) is 12.7. The van der Waals surface area contributed by atoms with Crippen LogP contribution in [-0.4, -0.2) is 48.4 Å². The van der Waals surface area contributed by atoms with E-state index in [2.05, 4.69) is 49.6 Å². The van der Waals surface area contributed by atoms with Gasteiger partial charge in [0.15, 0.2) is 0 Å². The minimum absolute atomic E-state index is 0.0991. The number of tetrazole rings is 1. The molecule has 3 heterocycles. The highest BCUT2D eigenvalue weighted by Crippen LogP contribution is 2.31. The van der Waals surface area contributed by atoms with E-state index in [1.54, 1.807) is 6.07 Å². The summed E-state index contributed by atoms with van der Waals surface area (Å²) in [4.78, 5) is 9.33. The quantitative estimate of drug-likeness (QED) is 0.269. The summed E-state index contributed by atoms with van der Waals surface area (Å²) in [6.07, 6.45) is 0.213. The number of benzene rings is 2. The molecule has 0 aliphatic heterocycles.